The first-order chi connectivity index (χ1) is 13.8. The van der Waals surface area contributed by atoms with Gasteiger partial charge in [-0.1, -0.05) is 32.0 Å². The molecule has 0 radical (unpaired) electrons. The predicted molar refractivity (Wildman–Crippen MR) is 114 cm³/mol. The molecule has 2 amide bonds. The maximum Gasteiger partial charge on any atom is 0.224 e. The topological polar surface area (TPSA) is 76.7 Å². The summed E-state index contributed by atoms with van der Waals surface area (Å²) >= 11 is 0. The van der Waals surface area contributed by atoms with E-state index in [1.165, 1.54) is 6.92 Å². The maximum atomic E-state index is 12.4. The summed E-state index contributed by atoms with van der Waals surface area (Å²) in [5, 5.41) is 5.72. The fourth-order valence-corrected chi connectivity index (χ4v) is 2.80. The molecule has 1 atom stereocenters. The first-order valence-electron chi connectivity index (χ1n) is 9.75. The quantitative estimate of drug-likeness (QED) is 0.666. The van der Waals surface area contributed by atoms with Gasteiger partial charge in [0, 0.05) is 12.6 Å². The molecule has 156 valence electrons. The SMILES string of the molecule is COc1cc([C@@H](C)NC(=O)Cc2ccc(NC(C)=O)cc2)ccc1OCC(C)C. The summed E-state index contributed by atoms with van der Waals surface area (Å²) < 4.78 is 11.2. The zero-order chi connectivity index (χ0) is 21.4. The van der Waals surface area contributed by atoms with E-state index in [0.29, 0.717) is 29.7 Å². The number of carbonyl (C=O) groups is 2. The van der Waals surface area contributed by atoms with Gasteiger partial charge in [0.1, 0.15) is 0 Å². The molecule has 0 fully saturated rings. The van der Waals surface area contributed by atoms with Crippen LogP contribution in [0.1, 0.15) is 44.9 Å². The molecular weight excluding hydrogens is 368 g/mol. The van der Waals surface area contributed by atoms with E-state index in [4.69, 9.17) is 9.47 Å². The van der Waals surface area contributed by atoms with Crippen molar-refractivity contribution in [2.75, 3.05) is 19.0 Å². The third-order valence-corrected chi connectivity index (χ3v) is 4.28. The monoisotopic (exact) mass is 398 g/mol. The molecule has 2 aromatic rings. The average Bonchev–Trinajstić information content (AvgIpc) is 2.67. The number of rotatable bonds is 9. The summed E-state index contributed by atoms with van der Waals surface area (Å²) in [6, 6.07) is 12.8. The lowest BCUT2D eigenvalue weighted by molar-refractivity contribution is -0.121. The van der Waals surface area contributed by atoms with Crippen LogP contribution in [0, 0.1) is 5.92 Å². The number of carbonyl (C=O) groups excluding carboxylic acids is 2. The summed E-state index contributed by atoms with van der Waals surface area (Å²) in [5.74, 6) is 1.56. The van der Waals surface area contributed by atoms with Gasteiger partial charge in [-0.25, -0.2) is 0 Å². The Morgan fingerprint density at radius 2 is 1.69 bits per heavy atom. The number of hydrogen-bond acceptors (Lipinski definition) is 4. The Labute approximate surface area is 172 Å². The van der Waals surface area contributed by atoms with Gasteiger partial charge in [-0.15, -0.1) is 0 Å². The van der Waals surface area contributed by atoms with Crippen LogP contribution >= 0.6 is 0 Å². The molecule has 6 nitrogen and oxygen atoms in total. The highest BCUT2D eigenvalue weighted by molar-refractivity contribution is 5.88. The first kappa shape index (κ1) is 22.3. The van der Waals surface area contributed by atoms with Crippen LogP contribution in [0.3, 0.4) is 0 Å². The van der Waals surface area contributed by atoms with Crippen LogP contribution in [0.25, 0.3) is 0 Å². The van der Waals surface area contributed by atoms with Gasteiger partial charge in [-0.3, -0.25) is 9.59 Å². The lowest BCUT2D eigenvalue weighted by Crippen LogP contribution is -2.28. The normalized spacial score (nSPS) is 11.7. The fourth-order valence-electron chi connectivity index (χ4n) is 2.80. The molecule has 0 unspecified atom stereocenters. The van der Waals surface area contributed by atoms with E-state index in [-0.39, 0.29) is 24.3 Å². The van der Waals surface area contributed by atoms with Crippen molar-refractivity contribution in [3.05, 3.63) is 53.6 Å². The van der Waals surface area contributed by atoms with Crippen molar-refractivity contribution in [3.63, 3.8) is 0 Å². The highest BCUT2D eigenvalue weighted by Crippen LogP contribution is 2.30. The highest BCUT2D eigenvalue weighted by Gasteiger charge is 2.14. The largest absolute Gasteiger partial charge is 0.493 e. The fraction of sp³-hybridized carbons (Fsp3) is 0.391. The van der Waals surface area contributed by atoms with Crippen molar-refractivity contribution in [1.29, 1.82) is 0 Å². The average molecular weight is 399 g/mol. The lowest BCUT2D eigenvalue weighted by Gasteiger charge is -2.18. The van der Waals surface area contributed by atoms with Gasteiger partial charge in [0.15, 0.2) is 11.5 Å². The summed E-state index contributed by atoms with van der Waals surface area (Å²) in [7, 11) is 1.61. The van der Waals surface area contributed by atoms with Gasteiger partial charge in [0.2, 0.25) is 11.8 Å². The molecule has 0 bridgehead atoms. The van der Waals surface area contributed by atoms with Crippen molar-refractivity contribution in [3.8, 4) is 11.5 Å². The Morgan fingerprint density at radius 1 is 1.00 bits per heavy atom. The number of hydrogen-bond donors (Lipinski definition) is 2. The Kier molecular flexibility index (Phi) is 8.07. The van der Waals surface area contributed by atoms with Gasteiger partial charge in [0.25, 0.3) is 0 Å². The summed E-state index contributed by atoms with van der Waals surface area (Å²) in [5.41, 5.74) is 2.52. The van der Waals surface area contributed by atoms with Crippen LogP contribution in [0.15, 0.2) is 42.5 Å². The molecule has 0 aliphatic rings. The second-order valence-electron chi connectivity index (χ2n) is 7.46. The van der Waals surface area contributed by atoms with Crippen molar-refractivity contribution in [2.24, 2.45) is 5.92 Å². The first-order valence-corrected chi connectivity index (χ1v) is 9.75. The van der Waals surface area contributed by atoms with E-state index in [0.717, 1.165) is 11.1 Å². The van der Waals surface area contributed by atoms with Gasteiger partial charge in [0.05, 0.1) is 26.2 Å². The van der Waals surface area contributed by atoms with Crippen molar-refractivity contribution < 1.29 is 19.1 Å². The molecule has 2 aromatic carbocycles. The van der Waals surface area contributed by atoms with E-state index < -0.39 is 0 Å². The standard InChI is InChI=1S/C23H30N2O4/c1-15(2)14-29-21-11-8-19(13-22(21)28-5)16(3)24-23(27)12-18-6-9-20(10-7-18)25-17(4)26/h6-11,13,15-16H,12,14H2,1-5H3,(H,24,27)(H,25,26)/t16-/m1/s1. The van der Waals surface area contributed by atoms with Gasteiger partial charge in [-0.05, 0) is 48.2 Å². The van der Waals surface area contributed by atoms with E-state index in [1.807, 2.05) is 37.3 Å². The molecule has 29 heavy (non-hydrogen) atoms. The zero-order valence-electron chi connectivity index (χ0n) is 17.7. The maximum absolute atomic E-state index is 12.4. The van der Waals surface area contributed by atoms with E-state index in [2.05, 4.69) is 24.5 Å². The minimum atomic E-state index is -0.172. The Balaban J connectivity index is 1.97. The molecular formula is C23H30N2O4. The van der Waals surface area contributed by atoms with Gasteiger partial charge >= 0.3 is 0 Å². The van der Waals surface area contributed by atoms with E-state index in [9.17, 15) is 9.59 Å². The van der Waals surface area contributed by atoms with Crippen molar-refractivity contribution >= 4 is 17.5 Å². The van der Waals surface area contributed by atoms with Crippen LogP contribution in [-0.2, 0) is 16.0 Å². The lowest BCUT2D eigenvalue weighted by atomic mass is 10.1. The second kappa shape index (κ2) is 10.5. The highest BCUT2D eigenvalue weighted by atomic mass is 16.5. The number of methoxy groups -OCH3 is 1. The minimum Gasteiger partial charge on any atom is -0.493 e. The molecule has 0 aliphatic carbocycles. The molecule has 0 aliphatic heterocycles. The third kappa shape index (κ3) is 7.14. The number of ether oxygens (including phenoxy) is 2. The second-order valence-corrected chi connectivity index (χ2v) is 7.46. The van der Waals surface area contributed by atoms with Crippen molar-refractivity contribution in [2.45, 2.75) is 40.2 Å². The number of anilines is 1. The predicted octanol–water partition coefficient (Wildman–Crippen LogP) is 4.11. The van der Waals surface area contributed by atoms with E-state index >= 15 is 0 Å². The third-order valence-electron chi connectivity index (χ3n) is 4.28. The van der Waals surface area contributed by atoms with Gasteiger partial charge in [-0.2, -0.15) is 0 Å². The molecule has 0 saturated carbocycles. The minimum absolute atomic E-state index is 0.0797. The van der Waals surface area contributed by atoms with Gasteiger partial charge < -0.3 is 20.1 Å². The van der Waals surface area contributed by atoms with Crippen LogP contribution in [0.2, 0.25) is 0 Å². The molecule has 2 rings (SSSR count). The molecule has 0 aromatic heterocycles. The summed E-state index contributed by atoms with van der Waals surface area (Å²) in [6.07, 6.45) is 0.261. The molecule has 0 spiro atoms. The number of nitrogens with one attached hydrogen (secondary N) is 2. The molecule has 0 heterocycles. The van der Waals surface area contributed by atoms with Crippen molar-refractivity contribution in [1.82, 2.24) is 5.32 Å². The number of benzene rings is 2. The van der Waals surface area contributed by atoms with Crippen LogP contribution in [-0.4, -0.2) is 25.5 Å². The van der Waals surface area contributed by atoms with Crippen LogP contribution < -0.4 is 20.1 Å². The van der Waals surface area contributed by atoms with E-state index in [1.54, 1.807) is 19.2 Å². The molecule has 2 N–H and O–H groups in total. The molecule has 0 saturated heterocycles. The summed E-state index contributed by atoms with van der Waals surface area (Å²) in [4.78, 5) is 23.5. The Bertz CT molecular complexity index is 831. The summed E-state index contributed by atoms with van der Waals surface area (Å²) in [6.45, 7) is 8.18. The Hall–Kier alpha value is -3.02. The number of amides is 2. The van der Waals surface area contributed by atoms with Crippen LogP contribution in [0.5, 0.6) is 11.5 Å². The van der Waals surface area contributed by atoms with Crippen LogP contribution in [0.4, 0.5) is 5.69 Å². The Morgan fingerprint density at radius 3 is 2.28 bits per heavy atom. The molecule has 6 heteroatoms. The smallest absolute Gasteiger partial charge is 0.224 e. The zero-order valence-corrected chi connectivity index (χ0v) is 17.7.